The number of ether oxygens (including phenoxy) is 3. The highest BCUT2D eigenvalue weighted by molar-refractivity contribution is 14.1. The van der Waals surface area contributed by atoms with Gasteiger partial charge in [0.05, 0.1) is 17.3 Å². The minimum atomic E-state index is 0.452. The maximum Gasteiger partial charge on any atom is 0.174 e. The van der Waals surface area contributed by atoms with Crippen LogP contribution in [0, 0.1) is 3.57 Å². The summed E-state index contributed by atoms with van der Waals surface area (Å²) in [6.45, 7) is 3.77. The highest BCUT2D eigenvalue weighted by atomic mass is 127. The Morgan fingerprint density at radius 2 is 1.66 bits per heavy atom. The SMILES string of the molecule is CCOc1ccc(NCc2cc(I)c(OCc3ccc(Cl)cc3)c(OC)c2)cc1. The second-order valence-corrected chi connectivity index (χ2v) is 7.93. The van der Waals surface area contributed by atoms with Gasteiger partial charge in [0.15, 0.2) is 11.5 Å². The Kier molecular flexibility index (Phi) is 7.89. The highest BCUT2D eigenvalue weighted by Crippen LogP contribution is 2.35. The molecule has 0 fully saturated rings. The summed E-state index contributed by atoms with van der Waals surface area (Å²) in [5.74, 6) is 2.33. The van der Waals surface area contributed by atoms with E-state index in [0.29, 0.717) is 30.5 Å². The summed E-state index contributed by atoms with van der Waals surface area (Å²) in [5, 5.41) is 4.14. The Morgan fingerprint density at radius 1 is 0.931 bits per heavy atom. The van der Waals surface area contributed by atoms with Crippen LogP contribution in [0.15, 0.2) is 60.7 Å². The van der Waals surface area contributed by atoms with Gasteiger partial charge in [-0.3, -0.25) is 0 Å². The van der Waals surface area contributed by atoms with Gasteiger partial charge in [0.25, 0.3) is 0 Å². The van der Waals surface area contributed by atoms with Crippen LogP contribution in [0.4, 0.5) is 5.69 Å². The summed E-state index contributed by atoms with van der Waals surface area (Å²) < 4.78 is 18.1. The van der Waals surface area contributed by atoms with Crippen LogP contribution in [0.2, 0.25) is 5.02 Å². The molecule has 0 spiro atoms. The molecule has 0 heterocycles. The average Bonchev–Trinajstić information content (AvgIpc) is 2.73. The van der Waals surface area contributed by atoms with Gasteiger partial charge in [-0.15, -0.1) is 0 Å². The van der Waals surface area contributed by atoms with E-state index in [1.807, 2.05) is 61.5 Å². The van der Waals surface area contributed by atoms with E-state index in [4.69, 9.17) is 25.8 Å². The smallest absolute Gasteiger partial charge is 0.174 e. The fourth-order valence-corrected chi connectivity index (χ4v) is 3.74. The van der Waals surface area contributed by atoms with Gasteiger partial charge in [0.2, 0.25) is 0 Å². The molecule has 0 saturated carbocycles. The molecular weight excluding hydrogens is 501 g/mol. The summed E-state index contributed by atoms with van der Waals surface area (Å²) in [5.41, 5.74) is 3.19. The maximum atomic E-state index is 6.03. The largest absolute Gasteiger partial charge is 0.494 e. The van der Waals surface area contributed by atoms with E-state index in [1.165, 1.54) is 0 Å². The van der Waals surface area contributed by atoms with E-state index in [2.05, 4.69) is 34.0 Å². The zero-order valence-corrected chi connectivity index (χ0v) is 19.3. The topological polar surface area (TPSA) is 39.7 Å². The molecule has 6 heteroatoms. The fraction of sp³-hybridized carbons (Fsp3) is 0.217. The van der Waals surface area contributed by atoms with E-state index >= 15 is 0 Å². The first-order valence-corrected chi connectivity index (χ1v) is 10.7. The second-order valence-electron chi connectivity index (χ2n) is 6.34. The first-order valence-electron chi connectivity index (χ1n) is 9.29. The third kappa shape index (κ3) is 6.18. The third-order valence-electron chi connectivity index (χ3n) is 4.25. The van der Waals surface area contributed by atoms with Crippen molar-refractivity contribution in [2.24, 2.45) is 0 Å². The van der Waals surface area contributed by atoms with Crippen molar-refractivity contribution < 1.29 is 14.2 Å². The molecule has 1 N–H and O–H groups in total. The number of hydrogen-bond donors (Lipinski definition) is 1. The van der Waals surface area contributed by atoms with Gasteiger partial charge in [-0.05, 0) is 89.2 Å². The van der Waals surface area contributed by atoms with E-state index in [9.17, 15) is 0 Å². The van der Waals surface area contributed by atoms with Crippen molar-refractivity contribution in [2.45, 2.75) is 20.1 Å². The van der Waals surface area contributed by atoms with Crippen molar-refractivity contribution in [1.29, 1.82) is 0 Å². The summed E-state index contributed by atoms with van der Waals surface area (Å²) in [4.78, 5) is 0. The standard InChI is InChI=1S/C23H23ClINO3/c1-3-28-20-10-8-19(9-11-20)26-14-17-12-21(25)23(22(13-17)27-2)29-15-16-4-6-18(24)7-5-16/h4-13,26H,3,14-15H2,1-2H3. The van der Waals surface area contributed by atoms with Crippen molar-refractivity contribution >= 4 is 39.9 Å². The van der Waals surface area contributed by atoms with E-state index in [1.54, 1.807) is 7.11 Å². The van der Waals surface area contributed by atoms with Crippen LogP contribution in [-0.2, 0) is 13.2 Å². The lowest BCUT2D eigenvalue weighted by atomic mass is 10.2. The van der Waals surface area contributed by atoms with Crippen molar-refractivity contribution in [1.82, 2.24) is 0 Å². The Labute approximate surface area is 190 Å². The van der Waals surface area contributed by atoms with Gasteiger partial charge in [-0.25, -0.2) is 0 Å². The second kappa shape index (κ2) is 10.6. The van der Waals surface area contributed by atoms with Crippen LogP contribution in [0.3, 0.4) is 0 Å². The molecule has 3 rings (SSSR count). The molecule has 0 radical (unpaired) electrons. The molecule has 0 aliphatic heterocycles. The number of methoxy groups -OCH3 is 1. The summed E-state index contributed by atoms with van der Waals surface area (Å²) in [6.07, 6.45) is 0. The minimum Gasteiger partial charge on any atom is -0.494 e. The first-order chi connectivity index (χ1) is 14.1. The van der Waals surface area contributed by atoms with Gasteiger partial charge in [-0.1, -0.05) is 23.7 Å². The lowest BCUT2D eigenvalue weighted by Crippen LogP contribution is -2.03. The van der Waals surface area contributed by atoms with Crippen molar-refractivity contribution in [3.05, 3.63) is 80.4 Å². The molecule has 0 saturated heterocycles. The van der Waals surface area contributed by atoms with Crippen LogP contribution in [0.5, 0.6) is 17.2 Å². The molecule has 3 aromatic rings. The monoisotopic (exact) mass is 523 g/mol. The van der Waals surface area contributed by atoms with Gasteiger partial charge in [-0.2, -0.15) is 0 Å². The number of rotatable bonds is 9. The summed E-state index contributed by atoms with van der Waals surface area (Å²) in [6, 6.07) is 19.7. The van der Waals surface area contributed by atoms with Crippen LogP contribution in [0.1, 0.15) is 18.1 Å². The number of anilines is 1. The normalized spacial score (nSPS) is 10.5. The molecule has 0 atom stereocenters. The molecule has 0 aliphatic carbocycles. The zero-order chi connectivity index (χ0) is 20.6. The van der Waals surface area contributed by atoms with Crippen LogP contribution in [-0.4, -0.2) is 13.7 Å². The van der Waals surface area contributed by atoms with Crippen molar-refractivity contribution in [3.63, 3.8) is 0 Å². The van der Waals surface area contributed by atoms with Gasteiger partial charge >= 0.3 is 0 Å². The summed E-state index contributed by atoms with van der Waals surface area (Å²) >= 11 is 8.22. The molecule has 3 aromatic carbocycles. The molecular formula is C23H23ClINO3. The highest BCUT2D eigenvalue weighted by Gasteiger charge is 2.12. The molecule has 4 nitrogen and oxygen atoms in total. The van der Waals surface area contributed by atoms with Crippen molar-refractivity contribution in [3.8, 4) is 17.2 Å². The minimum absolute atomic E-state index is 0.452. The van der Waals surface area contributed by atoms with Gasteiger partial charge in [0, 0.05) is 17.3 Å². The van der Waals surface area contributed by atoms with E-state index in [0.717, 1.165) is 31.9 Å². The lowest BCUT2D eigenvalue weighted by Gasteiger charge is -2.15. The third-order valence-corrected chi connectivity index (χ3v) is 5.30. The number of hydrogen-bond acceptors (Lipinski definition) is 4. The van der Waals surface area contributed by atoms with Gasteiger partial charge in [0.1, 0.15) is 12.4 Å². The quantitative estimate of drug-likeness (QED) is 0.323. The zero-order valence-electron chi connectivity index (χ0n) is 16.4. The van der Waals surface area contributed by atoms with E-state index in [-0.39, 0.29) is 0 Å². The fourth-order valence-electron chi connectivity index (χ4n) is 2.79. The van der Waals surface area contributed by atoms with Crippen LogP contribution in [0.25, 0.3) is 0 Å². The van der Waals surface area contributed by atoms with Crippen molar-refractivity contribution in [2.75, 3.05) is 19.0 Å². The van der Waals surface area contributed by atoms with Crippen LogP contribution >= 0.6 is 34.2 Å². The molecule has 0 bridgehead atoms. The molecule has 29 heavy (non-hydrogen) atoms. The Hall–Kier alpha value is -2.12. The van der Waals surface area contributed by atoms with Gasteiger partial charge < -0.3 is 19.5 Å². The summed E-state index contributed by atoms with van der Waals surface area (Å²) in [7, 11) is 1.66. The molecule has 0 aromatic heterocycles. The number of nitrogens with one attached hydrogen (secondary N) is 1. The first kappa shape index (κ1) is 21.6. The van der Waals surface area contributed by atoms with E-state index < -0.39 is 0 Å². The average molecular weight is 524 g/mol. The number of halogens is 2. The Bertz CT molecular complexity index is 930. The Morgan fingerprint density at radius 3 is 2.31 bits per heavy atom. The Balaban J connectivity index is 1.66. The number of benzene rings is 3. The maximum absolute atomic E-state index is 6.03. The molecule has 0 amide bonds. The van der Waals surface area contributed by atoms with Crippen LogP contribution < -0.4 is 19.5 Å². The molecule has 0 aliphatic rings. The molecule has 152 valence electrons. The molecule has 0 unspecified atom stereocenters. The predicted octanol–water partition coefficient (Wildman–Crippen LogP) is 6.54. The predicted molar refractivity (Wildman–Crippen MR) is 126 cm³/mol. The lowest BCUT2D eigenvalue weighted by molar-refractivity contribution is 0.282.